The van der Waals surface area contributed by atoms with Crippen LogP contribution in [0.4, 0.5) is 18.9 Å². The fourth-order valence-corrected chi connectivity index (χ4v) is 5.65. The Morgan fingerprint density at radius 3 is 2.69 bits per heavy atom. The number of thiazole rings is 1. The van der Waals surface area contributed by atoms with Crippen LogP contribution in [0.2, 0.25) is 0 Å². The molecular weight excluding hydrogens is 481 g/mol. The second-order valence-electron chi connectivity index (χ2n) is 9.19. The van der Waals surface area contributed by atoms with Gasteiger partial charge in [-0.2, -0.15) is 23.4 Å². The van der Waals surface area contributed by atoms with Crippen molar-refractivity contribution >= 4 is 33.8 Å². The van der Waals surface area contributed by atoms with Gasteiger partial charge in [0.05, 0.1) is 45.9 Å². The van der Waals surface area contributed by atoms with Crippen molar-refractivity contribution in [3.05, 3.63) is 46.5 Å². The number of likely N-dealkylation sites (tertiary alicyclic amines) is 1. The number of fused-ring (bicyclic) bond motifs is 1. The standard InChI is InChI=1S/C23H25F3N6O2S/c24-23(25,26)14-1-2-18-17(7-14)19(8-29-31-18)28-10-21(33)30-15-11-32(12-15)16-3-5-22(34,6-4-16)20-9-27-13-35-20/h1-2,7-9,13,15-16,34H,3-6,10-12H2,(H,28,31)(H,30,33). The van der Waals surface area contributed by atoms with E-state index in [0.717, 1.165) is 42.9 Å². The highest BCUT2D eigenvalue weighted by atomic mass is 32.1. The largest absolute Gasteiger partial charge is 0.416 e. The van der Waals surface area contributed by atoms with Gasteiger partial charge in [0.15, 0.2) is 0 Å². The minimum atomic E-state index is -4.47. The van der Waals surface area contributed by atoms with Gasteiger partial charge >= 0.3 is 6.18 Å². The van der Waals surface area contributed by atoms with E-state index in [9.17, 15) is 23.1 Å². The molecule has 3 N–H and O–H groups in total. The minimum Gasteiger partial charge on any atom is -0.384 e. The van der Waals surface area contributed by atoms with E-state index in [1.54, 1.807) is 11.7 Å². The van der Waals surface area contributed by atoms with Gasteiger partial charge in [0.25, 0.3) is 0 Å². The maximum atomic E-state index is 13.1. The summed E-state index contributed by atoms with van der Waals surface area (Å²) in [5.74, 6) is -0.241. The zero-order valence-corrected chi connectivity index (χ0v) is 19.6. The quantitative estimate of drug-likeness (QED) is 0.472. The zero-order chi connectivity index (χ0) is 24.6. The Hall–Kier alpha value is -2.83. The summed E-state index contributed by atoms with van der Waals surface area (Å²) in [6, 6.07) is 3.64. The molecule has 3 heterocycles. The summed E-state index contributed by atoms with van der Waals surface area (Å²) in [5, 5.41) is 24.7. The van der Waals surface area contributed by atoms with Crippen LogP contribution >= 0.6 is 11.3 Å². The number of anilines is 1. The molecule has 186 valence electrons. The Morgan fingerprint density at radius 1 is 1.23 bits per heavy atom. The number of amides is 1. The average Bonchev–Trinajstić information content (AvgIpc) is 3.36. The van der Waals surface area contributed by atoms with Crippen LogP contribution in [0.15, 0.2) is 36.1 Å². The van der Waals surface area contributed by atoms with E-state index in [2.05, 4.69) is 30.7 Å². The molecule has 1 aliphatic carbocycles. The number of carbonyl (C=O) groups excluding carboxylic acids is 1. The van der Waals surface area contributed by atoms with Crippen molar-refractivity contribution in [3.8, 4) is 0 Å². The summed E-state index contributed by atoms with van der Waals surface area (Å²) in [6.45, 7) is 1.40. The van der Waals surface area contributed by atoms with Crippen molar-refractivity contribution in [3.63, 3.8) is 0 Å². The van der Waals surface area contributed by atoms with E-state index in [1.165, 1.54) is 23.6 Å². The number of aliphatic hydroxyl groups is 1. The highest BCUT2D eigenvalue weighted by molar-refractivity contribution is 7.09. The van der Waals surface area contributed by atoms with E-state index in [-0.39, 0.29) is 23.9 Å². The monoisotopic (exact) mass is 506 g/mol. The third-order valence-corrected chi connectivity index (χ3v) is 7.84. The molecule has 8 nitrogen and oxygen atoms in total. The predicted molar refractivity (Wildman–Crippen MR) is 125 cm³/mol. The van der Waals surface area contributed by atoms with Crippen LogP contribution in [-0.2, 0) is 16.6 Å². The number of hydrogen-bond donors (Lipinski definition) is 3. The topological polar surface area (TPSA) is 103 Å². The van der Waals surface area contributed by atoms with Gasteiger partial charge in [0.1, 0.15) is 5.60 Å². The van der Waals surface area contributed by atoms with Gasteiger partial charge in [-0.1, -0.05) is 0 Å². The van der Waals surface area contributed by atoms with Gasteiger partial charge in [0, 0.05) is 30.7 Å². The molecule has 1 aliphatic heterocycles. The van der Waals surface area contributed by atoms with Crippen LogP contribution in [0, 0.1) is 0 Å². The Balaban J connectivity index is 1.10. The molecule has 1 saturated heterocycles. The SMILES string of the molecule is O=C(CNc1cnnc2ccc(C(F)(F)F)cc12)NC1CN(C2CCC(O)(c3cncs3)CC2)C1. The third kappa shape index (κ3) is 5.09. The lowest BCUT2D eigenvalue weighted by atomic mass is 9.80. The van der Waals surface area contributed by atoms with E-state index in [1.807, 2.05) is 0 Å². The Labute approximate surface area is 203 Å². The molecular formula is C23H25F3N6O2S. The van der Waals surface area contributed by atoms with Gasteiger partial charge in [-0.3, -0.25) is 14.7 Å². The van der Waals surface area contributed by atoms with Gasteiger partial charge in [-0.25, -0.2) is 0 Å². The number of rotatable bonds is 6. The number of hydrogen-bond acceptors (Lipinski definition) is 8. The normalized spacial score (nSPS) is 23.7. The molecule has 35 heavy (non-hydrogen) atoms. The molecule has 2 aromatic heterocycles. The molecule has 1 amide bonds. The number of aromatic nitrogens is 3. The highest BCUT2D eigenvalue weighted by Crippen LogP contribution is 2.40. The highest BCUT2D eigenvalue weighted by Gasteiger charge is 2.41. The van der Waals surface area contributed by atoms with E-state index in [4.69, 9.17) is 0 Å². The molecule has 0 bridgehead atoms. The average molecular weight is 507 g/mol. The van der Waals surface area contributed by atoms with Gasteiger partial charge < -0.3 is 15.7 Å². The van der Waals surface area contributed by atoms with Crippen molar-refractivity contribution in [2.75, 3.05) is 25.0 Å². The molecule has 0 unspecified atom stereocenters. The molecule has 0 radical (unpaired) electrons. The molecule has 0 spiro atoms. The Morgan fingerprint density at radius 2 is 2.00 bits per heavy atom. The Bertz CT molecular complexity index is 1190. The fraction of sp³-hybridized carbons (Fsp3) is 0.478. The van der Waals surface area contributed by atoms with E-state index >= 15 is 0 Å². The summed E-state index contributed by atoms with van der Waals surface area (Å²) >= 11 is 1.48. The van der Waals surface area contributed by atoms with Crippen LogP contribution in [-0.4, -0.2) is 62.8 Å². The minimum absolute atomic E-state index is 0.0238. The fourth-order valence-electron chi connectivity index (χ4n) is 4.87. The van der Waals surface area contributed by atoms with E-state index < -0.39 is 17.3 Å². The van der Waals surface area contributed by atoms with Crippen molar-refractivity contribution in [2.24, 2.45) is 0 Å². The maximum Gasteiger partial charge on any atom is 0.416 e. The van der Waals surface area contributed by atoms with Gasteiger partial charge in [-0.05, 0) is 43.9 Å². The predicted octanol–water partition coefficient (Wildman–Crippen LogP) is 3.15. The molecule has 12 heteroatoms. The number of nitrogens with zero attached hydrogens (tertiary/aromatic N) is 4. The zero-order valence-electron chi connectivity index (χ0n) is 18.8. The first-order valence-corrected chi connectivity index (χ1v) is 12.3. The molecule has 3 aromatic rings. The summed E-state index contributed by atoms with van der Waals surface area (Å²) in [6.07, 6.45) is 1.76. The Kier molecular flexibility index (Phi) is 6.36. The summed E-state index contributed by atoms with van der Waals surface area (Å²) in [4.78, 5) is 19.8. The van der Waals surface area contributed by atoms with Crippen molar-refractivity contribution in [1.29, 1.82) is 0 Å². The van der Waals surface area contributed by atoms with Crippen LogP contribution in [0.1, 0.15) is 36.1 Å². The summed E-state index contributed by atoms with van der Waals surface area (Å²) in [5.41, 5.74) is 0.808. The lowest BCUT2D eigenvalue weighted by molar-refractivity contribution is -0.137. The molecule has 5 rings (SSSR count). The van der Waals surface area contributed by atoms with Crippen molar-refractivity contribution < 1.29 is 23.1 Å². The number of halogens is 3. The first kappa shape index (κ1) is 23.9. The maximum absolute atomic E-state index is 13.1. The van der Waals surface area contributed by atoms with Crippen LogP contribution < -0.4 is 10.6 Å². The lowest BCUT2D eigenvalue weighted by Gasteiger charge is -2.48. The van der Waals surface area contributed by atoms with Crippen molar-refractivity contribution in [1.82, 2.24) is 25.4 Å². The first-order valence-electron chi connectivity index (χ1n) is 11.4. The molecule has 1 saturated carbocycles. The number of benzene rings is 1. The second-order valence-corrected chi connectivity index (χ2v) is 10.1. The smallest absolute Gasteiger partial charge is 0.384 e. The van der Waals surface area contributed by atoms with Crippen LogP contribution in [0.3, 0.4) is 0 Å². The molecule has 2 fully saturated rings. The molecule has 0 atom stereocenters. The van der Waals surface area contributed by atoms with Crippen LogP contribution in [0.5, 0.6) is 0 Å². The lowest BCUT2D eigenvalue weighted by Crippen LogP contribution is -2.63. The van der Waals surface area contributed by atoms with E-state index in [0.29, 0.717) is 30.1 Å². The third-order valence-electron chi connectivity index (χ3n) is 6.87. The number of carbonyl (C=O) groups is 1. The summed E-state index contributed by atoms with van der Waals surface area (Å²) < 4.78 is 39.2. The summed E-state index contributed by atoms with van der Waals surface area (Å²) in [7, 11) is 0. The van der Waals surface area contributed by atoms with Gasteiger partial charge in [0.2, 0.25) is 5.91 Å². The molecule has 2 aliphatic rings. The number of alkyl halides is 3. The molecule has 1 aromatic carbocycles. The number of nitrogens with one attached hydrogen (secondary N) is 2. The first-order chi connectivity index (χ1) is 16.7. The van der Waals surface area contributed by atoms with Gasteiger partial charge in [-0.15, -0.1) is 11.3 Å². The second kappa shape index (κ2) is 9.32. The van der Waals surface area contributed by atoms with Crippen molar-refractivity contribution in [2.45, 2.75) is 49.5 Å². The van der Waals surface area contributed by atoms with Crippen LogP contribution in [0.25, 0.3) is 10.9 Å².